The summed E-state index contributed by atoms with van der Waals surface area (Å²) in [5.41, 5.74) is -0.124. The first kappa shape index (κ1) is 149. The second kappa shape index (κ2) is 93.6. The van der Waals surface area contributed by atoms with Crippen molar-refractivity contribution in [1.29, 1.82) is 42.1 Å². The number of carbonyl (C=O) groups is 9. The molecule has 0 aliphatic heterocycles. The van der Waals surface area contributed by atoms with E-state index in [-0.39, 0.29) is 182 Å². The summed E-state index contributed by atoms with van der Waals surface area (Å²) in [6.07, 6.45) is 16.1. The van der Waals surface area contributed by atoms with Gasteiger partial charge in [-0.25, -0.2) is 46.8 Å². The highest BCUT2D eigenvalue weighted by atomic mass is 32.3. The number of allylic oxidation sites excluding steroid dienone is 18. The number of amides is 1. The number of hydrogen-bond acceptors (Lipinski definition) is 29. The Balaban J connectivity index is -0.000000108. The van der Waals surface area contributed by atoms with Crippen molar-refractivity contribution in [1.82, 2.24) is 14.9 Å². The Morgan fingerprint density at radius 2 is 0.867 bits per heavy atom. The van der Waals surface area contributed by atoms with E-state index in [9.17, 15) is 89.4 Å². The molecular formula is C112H183N11O20S6Si. The molecular weight excluding hydrogens is 2040 g/mol. The summed E-state index contributed by atoms with van der Waals surface area (Å²) in [5.74, 6) is 7.78. The Morgan fingerprint density at radius 1 is 0.467 bits per heavy atom. The number of sulfone groups is 4. The number of nitrogens with zero attached hydrogens (tertiary/aromatic N) is 9. The summed E-state index contributed by atoms with van der Waals surface area (Å²) in [4.78, 5) is 100. The molecule has 846 valence electrons. The van der Waals surface area contributed by atoms with Gasteiger partial charge in [-0.15, -0.1) is 6.42 Å². The fourth-order valence-electron chi connectivity index (χ4n) is 7.53. The molecule has 0 aromatic rings. The van der Waals surface area contributed by atoms with E-state index in [1.165, 1.54) is 75.6 Å². The van der Waals surface area contributed by atoms with Gasteiger partial charge in [0.05, 0.1) is 70.0 Å². The van der Waals surface area contributed by atoms with Gasteiger partial charge in [-0.1, -0.05) is 247 Å². The average molecular weight is 2230 g/mol. The highest BCUT2D eigenvalue weighted by molar-refractivity contribution is 8.08. The summed E-state index contributed by atoms with van der Waals surface area (Å²) in [6, 6.07) is 13.1. The number of sulfonamides is 1. The summed E-state index contributed by atoms with van der Waals surface area (Å²) < 4.78 is 187. The Bertz CT molecular complexity index is 6240. The smallest absolute Gasteiger partial charge is 0.296 e. The first-order valence-electron chi connectivity index (χ1n) is 51.8. The largest absolute Gasteiger partial charge is 0.341 e. The molecule has 0 radical (unpaired) electrons. The molecule has 1 unspecified atom stereocenters. The quantitative estimate of drug-likeness (QED) is 0.0203. The van der Waals surface area contributed by atoms with Gasteiger partial charge in [0.25, 0.3) is 5.91 Å². The number of Topliss-reactive ketones (excluding diaryl/α,β-unsaturated/α-hetero) is 5. The van der Waals surface area contributed by atoms with Gasteiger partial charge in [-0.2, -0.15) is 42.1 Å². The standard InChI is InChI=1S/C10H19NO.C9H13NO.C9H14O.C8H13NO2S.2C8H11NO.C8H14O.C7H11NO2S.C7H13NOSSi.C7H11NO.C7H9NO.C7H12O.C6H9NO2S.C6H13NO2S.C5H10O2S/c1-10(2,3)9(12)7-6-8-11(4)5;1-4-8(6-10)9(11)5-7(2)3;1-5-6-7-8(10)9(2,3)4;1-4-8(5-9)12(10,11)6-7(2)3;1-6(2)4-8(10)7(3)5-9;1-4-7(5-9)8(10)6(2)3;1-4-5-8(9)6-7(2)3;1-4-7(5-8)11(9,10)6(2)3;1-6(2)5-10(9,11)7(3)4-8;1-5-6(9)8-7(2,3)4;1-5(2)7(9)6(3)4-8;1-4-5-7(8)6(2)3;1-5(2)10(8,9)6(3)4-7;1-4-5-10(8,9)7-6(2)3;1-4-8(6,7)5(2)3/h6-7H,8H2,1-5H3;4,7H,5H2,1-3H3;5H2,1-4H3;4,7H,6H2,1-3H3;6H,3-4H2,1-2H3;4,6H,1-3H3;4-5,7H,6H2,1-3H3;4,6H,1-3H3;6H,3,5,11H2,1-2H3;1H,2-4H3,(H,8,9);5H,3H2,1-2H3;4-6H,1-3H3;5H,3H2,1-2H3;4-7H,1-3H3;4-5H,1H2,2-3H3/b7-6+;8-4+;;8-4+;;7-4+;5-4+;7-4+;;;;5-4+;;5-4+;/i;;;;;;4D,5D;;;;;4D,5D;;4D,5D;1D2,4D. The van der Waals surface area contributed by atoms with Crippen LogP contribution in [0.25, 0.3) is 0 Å². The SMILES string of the molecule is C#CC(=O)NC(C)(C)C.C/C=C(\C#N)C(=O)C(C)C.C/C=C(\C#N)C(=O)CC(C)C.C/C=C(\C#N)S(=O)(=O)C(C)C.C/C=C(\C#N)S(=O)(=O)CC(C)C.C=C(C#N)C(=O)C(C)C.C=C(C#N)C(=O)CC(C)C.C=C(C#N)S(=O)(=O)C(C)C.C=C(C#N)S(=O)(=[SiH2])CC(C)C.CCC#CC(=O)C(C)(C)C.CN(C)C/C=C/C(=O)C(C)(C)C.[2H]/C(C)=C(/[2H])C(=O)C(C)C.[2H]/C(C)=C(/[2H])C(=O)CC(C)C.[2H]/C(C)=C(/[2H])S(=O)(=O)NC(C)C.[2H]C([2H])=C([2H])S(=O)(=O)C(C)C. The van der Waals surface area contributed by atoms with Gasteiger partial charge in [0.2, 0.25) is 15.8 Å². The predicted molar refractivity (Wildman–Crippen MR) is 620 cm³/mol. The van der Waals surface area contributed by atoms with Gasteiger partial charge < -0.3 is 10.2 Å². The molecule has 0 aromatic carbocycles. The Kier molecular flexibility index (Phi) is 93.0. The first-order valence-corrected chi connectivity index (χ1v) is 58.7. The van der Waals surface area contributed by atoms with Crippen LogP contribution in [0.5, 0.6) is 0 Å². The number of terminal acetylenes is 1. The van der Waals surface area contributed by atoms with E-state index in [0.717, 1.165) is 13.0 Å². The minimum absolute atomic E-state index is 0.0225. The minimum Gasteiger partial charge on any atom is -0.341 e. The first-order chi connectivity index (χ1) is 71.4. The third-order valence-corrected chi connectivity index (χ3v) is 28.6. The summed E-state index contributed by atoms with van der Waals surface area (Å²) in [6.45, 7) is 84.6. The van der Waals surface area contributed by atoms with Crippen LogP contribution in [-0.2, 0) is 101 Å². The zero-order valence-corrected chi connectivity index (χ0v) is 104. The highest BCUT2D eigenvalue weighted by Crippen LogP contribution is 2.18. The van der Waals surface area contributed by atoms with Crippen molar-refractivity contribution in [3.63, 3.8) is 0 Å². The van der Waals surface area contributed by atoms with Crippen LogP contribution in [0.15, 0.2) is 152 Å². The summed E-state index contributed by atoms with van der Waals surface area (Å²) >= 11 is 0. The molecule has 0 heterocycles. The number of nitrogens with one attached hydrogen (secondary N) is 2. The third-order valence-electron chi connectivity index (χ3n) is 15.5. The average Bonchev–Trinajstić information content (AvgIpc) is 0.847. The maximum absolute atomic E-state index is 11.6. The van der Waals surface area contributed by atoms with Gasteiger partial charge in [-0.05, 0) is 207 Å². The number of nitriles is 8. The van der Waals surface area contributed by atoms with Crippen LogP contribution in [0.4, 0.5) is 0 Å². The van der Waals surface area contributed by atoms with Gasteiger partial charge in [0, 0.05) is 88.9 Å². The molecule has 31 nitrogen and oxygen atoms in total. The Morgan fingerprint density at radius 3 is 1.08 bits per heavy atom. The van der Waals surface area contributed by atoms with Crippen molar-refractivity contribution in [3.05, 3.63) is 152 Å². The predicted octanol–water partition coefficient (Wildman–Crippen LogP) is 20.8. The number of carbonyl (C=O) groups excluding carboxylic acids is 9. The normalized spacial score (nSPS) is 12.9. The lowest BCUT2D eigenvalue weighted by atomic mass is 9.91. The topological polar surface area (TPSA) is 559 Å². The molecule has 0 aliphatic carbocycles. The van der Waals surface area contributed by atoms with E-state index in [1.807, 2.05) is 188 Å². The number of ketones is 8. The van der Waals surface area contributed by atoms with E-state index < -0.39 is 91.4 Å². The molecule has 38 heteroatoms. The maximum Gasteiger partial charge on any atom is 0.296 e. The second-order valence-corrected chi connectivity index (χ2v) is 54.6. The third kappa shape index (κ3) is 109. The zero-order valence-electron chi connectivity index (χ0n) is 107. The molecule has 2 N–H and O–H groups in total. The Labute approximate surface area is 924 Å². The molecule has 0 rings (SSSR count). The van der Waals surface area contributed by atoms with E-state index in [0.29, 0.717) is 42.8 Å². The highest BCUT2D eigenvalue weighted by Gasteiger charge is 2.24. The van der Waals surface area contributed by atoms with Crippen molar-refractivity contribution in [2.75, 3.05) is 32.1 Å². The Hall–Kier alpha value is -11.5. The monoisotopic (exact) mass is 2230 g/mol. The minimum atomic E-state index is -3.75. The van der Waals surface area contributed by atoms with Crippen LogP contribution in [0, 0.1) is 173 Å². The van der Waals surface area contributed by atoms with Crippen molar-refractivity contribution in [2.45, 2.75) is 337 Å². The van der Waals surface area contributed by atoms with Crippen molar-refractivity contribution in [3.8, 4) is 72.7 Å². The molecule has 1 amide bonds. The number of hydrogen-bond donors (Lipinski definition) is 2. The van der Waals surface area contributed by atoms with Crippen molar-refractivity contribution >= 4 is 119 Å². The van der Waals surface area contributed by atoms with Crippen LogP contribution in [-0.4, -0.2) is 172 Å². The maximum atomic E-state index is 11.6. The molecule has 0 spiro atoms. The molecule has 1 atom stereocenters. The van der Waals surface area contributed by atoms with Crippen molar-refractivity contribution < 1.29 is 102 Å². The second-order valence-electron chi connectivity index (χ2n) is 38.7. The van der Waals surface area contributed by atoms with Crippen LogP contribution in [0.3, 0.4) is 0 Å². The van der Waals surface area contributed by atoms with Gasteiger partial charge in [0.15, 0.2) is 79.8 Å². The summed E-state index contributed by atoms with van der Waals surface area (Å²) in [7, 11) is -14.2. The molecule has 0 fully saturated rings. The van der Waals surface area contributed by atoms with Crippen LogP contribution in [0.2, 0.25) is 0 Å². The molecule has 0 aliphatic rings. The fraction of sp³-hybridized carbons (Fsp3) is 0.580. The van der Waals surface area contributed by atoms with Crippen LogP contribution < -0.4 is 10.0 Å². The van der Waals surface area contributed by atoms with E-state index >= 15 is 0 Å². The fourth-order valence-corrected chi connectivity index (χ4v) is 15.0. The molecule has 0 bridgehead atoms. The van der Waals surface area contributed by atoms with Gasteiger partial charge in [-0.3, -0.25) is 47.4 Å². The van der Waals surface area contributed by atoms with E-state index in [4.69, 9.17) is 60.9 Å². The van der Waals surface area contributed by atoms with Gasteiger partial charge >= 0.3 is 0 Å². The molecule has 0 saturated heterocycles. The number of rotatable bonds is 33. The molecule has 0 aromatic heterocycles. The zero-order chi connectivity index (χ0) is 131. The summed E-state index contributed by atoms with van der Waals surface area (Å²) in [5, 5.41) is 66.1. The van der Waals surface area contributed by atoms with Gasteiger partial charge in [0.1, 0.15) is 63.3 Å². The lowest BCUT2D eigenvalue weighted by Gasteiger charge is -2.17. The lowest BCUT2D eigenvalue weighted by Crippen LogP contribution is -2.39. The number of likely N-dealkylation sites (N-methyl/N-ethyl adjacent to an activating group) is 1. The van der Waals surface area contributed by atoms with E-state index in [2.05, 4.69) is 48.2 Å². The molecule has 150 heavy (non-hydrogen) atoms. The van der Waals surface area contributed by atoms with Crippen LogP contribution in [0.1, 0.15) is 322 Å². The van der Waals surface area contributed by atoms with Crippen molar-refractivity contribution in [2.24, 2.45) is 58.2 Å². The molecule has 0 saturated carbocycles. The van der Waals surface area contributed by atoms with E-state index in [1.54, 1.807) is 139 Å². The van der Waals surface area contributed by atoms with Crippen LogP contribution >= 0.6 is 0 Å². The lowest BCUT2D eigenvalue weighted by molar-refractivity contribution is -0.121.